The Hall–Kier alpha value is -1.45. The molecular weight excluding hydrogens is 336 g/mol. The minimum absolute atomic E-state index is 0.683. The van der Waals surface area contributed by atoms with Gasteiger partial charge in [0.05, 0.1) is 5.69 Å². The van der Waals surface area contributed by atoms with Crippen molar-refractivity contribution >= 4 is 17.4 Å². The molecule has 3 aliphatic rings. The van der Waals surface area contributed by atoms with E-state index in [1.54, 1.807) is 11.3 Å². The Morgan fingerprint density at radius 2 is 2.04 bits per heavy atom. The van der Waals surface area contributed by atoms with Crippen LogP contribution < -0.4 is 4.90 Å². The fourth-order valence-corrected chi connectivity index (χ4v) is 6.26. The molecule has 3 aliphatic heterocycles. The molecule has 0 bridgehead atoms. The van der Waals surface area contributed by atoms with E-state index in [1.807, 2.05) is 0 Å². The second-order valence-corrected chi connectivity index (χ2v) is 9.35. The molecule has 2 aromatic carbocycles. The van der Waals surface area contributed by atoms with Crippen LogP contribution in [0.5, 0.6) is 0 Å². The second-order valence-electron chi connectivity index (χ2n) is 8.22. The molecule has 1 fully saturated rings. The van der Waals surface area contributed by atoms with Crippen LogP contribution in [0.2, 0.25) is 0 Å². The fourth-order valence-electron chi connectivity index (χ4n) is 5.22. The summed E-state index contributed by atoms with van der Waals surface area (Å²) >= 11 is 2.06. The van der Waals surface area contributed by atoms with Crippen LogP contribution in [0.4, 0.5) is 5.69 Å². The molecule has 0 radical (unpaired) electrons. The normalized spacial score (nSPS) is 24.9. The third kappa shape index (κ3) is 2.76. The Kier molecular flexibility index (Phi) is 4.25. The van der Waals surface area contributed by atoms with Gasteiger partial charge < -0.3 is 4.90 Å². The number of rotatable bonds is 2. The van der Waals surface area contributed by atoms with Crippen LogP contribution in [-0.2, 0) is 6.54 Å². The van der Waals surface area contributed by atoms with E-state index in [1.165, 1.54) is 59.8 Å². The molecule has 3 heteroatoms. The first kappa shape index (κ1) is 16.7. The monoisotopic (exact) mass is 364 g/mol. The van der Waals surface area contributed by atoms with Crippen molar-refractivity contribution in [3.05, 3.63) is 58.7 Å². The topological polar surface area (TPSA) is 6.48 Å². The molecule has 3 heterocycles. The van der Waals surface area contributed by atoms with Crippen molar-refractivity contribution in [1.82, 2.24) is 4.90 Å². The van der Waals surface area contributed by atoms with Crippen molar-refractivity contribution in [3.63, 3.8) is 0 Å². The maximum Gasteiger partial charge on any atom is 0.0543 e. The van der Waals surface area contributed by atoms with Crippen molar-refractivity contribution in [2.24, 2.45) is 0 Å². The van der Waals surface area contributed by atoms with Crippen LogP contribution in [0.15, 0.2) is 41.3 Å². The third-order valence-electron chi connectivity index (χ3n) is 6.47. The summed E-state index contributed by atoms with van der Waals surface area (Å²) in [6.45, 7) is 9.22. The molecule has 26 heavy (non-hydrogen) atoms. The predicted octanol–water partition coefficient (Wildman–Crippen LogP) is 4.98. The largest absolute Gasteiger partial charge is 0.367 e. The second kappa shape index (κ2) is 6.61. The molecule has 0 aromatic heterocycles. The average molecular weight is 365 g/mol. The Balaban J connectivity index is 1.41. The number of thioether (sulfide) groups is 1. The summed E-state index contributed by atoms with van der Waals surface area (Å²) in [6, 6.07) is 14.7. The van der Waals surface area contributed by atoms with Crippen LogP contribution in [-0.4, -0.2) is 36.3 Å². The Labute approximate surface area is 161 Å². The van der Waals surface area contributed by atoms with Gasteiger partial charge in [0.2, 0.25) is 0 Å². The van der Waals surface area contributed by atoms with Gasteiger partial charge in [-0.15, -0.1) is 11.8 Å². The highest BCUT2D eigenvalue weighted by Gasteiger charge is 2.43. The summed E-state index contributed by atoms with van der Waals surface area (Å²) in [5.74, 6) is 1.95. The van der Waals surface area contributed by atoms with Crippen LogP contribution in [0.3, 0.4) is 0 Å². The van der Waals surface area contributed by atoms with Gasteiger partial charge in [0.1, 0.15) is 0 Å². The number of anilines is 1. The molecule has 0 amide bonds. The van der Waals surface area contributed by atoms with E-state index in [9.17, 15) is 0 Å². The highest BCUT2D eigenvalue weighted by Crippen LogP contribution is 2.50. The molecule has 0 N–H and O–H groups in total. The number of aryl methyl sites for hydroxylation is 2. The molecule has 0 unspecified atom stereocenters. The molecule has 0 saturated carbocycles. The van der Waals surface area contributed by atoms with E-state index in [2.05, 4.69) is 71.8 Å². The van der Waals surface area contributed by atoms with Crippen LogP contribution in [0, 0.1) is 13.8 Å². The first-order chi connectivity index (χ1) is 12.7. The molecule has 0 spiro atoms. The molecule has 2 atom stereocenters. The van der Waals surface area contributed by atoms with Gasteiger partial charge in [-0.1, -0.05) is 35.9 Å². The van der Waals surface area contributed by atoms with Crippen molar-refractivity contribution < 1.29 is 0 Å². The number of para-hydroxylation sites is 1. The van der Waals surface area contributed by atoms with E-state index in [-0.39, 0.29) is 0 Å². The minimum Gasteiger partial charge on any atom is -0.367 e. The van der Waals surface area contributed by atoms with Gasteiger partial charge >= 0.3 is 0 Å². The maximum absolute atomic E-state index is 2.77. The summed E-state index contributed by atoms with van der Waals surface area (Å²) in [6.07, 6.45) is 2.61. The number of piperidine rings is 1. The Morgan fingerprint density at radius 3 is 2.92 bits per heavy atom. The van der Waals surface area contributed by atoms with E-state index in [4.69, 9.17) is 0 Å². The van der Waals surface area contributed by atoms with Crippen molar-refractivity contribution in [2.45, 2.75) is 50.1 Å². The fraction of sp³-hybridized carbons (Fsp3) is 0.478. The van der Waals surface area contributed by atoms with Crippen molar-refractivity contribution in [1.29, 1.82) is 0 Å². The zero-order valence-electron chi connectivity index (χ0n) is 15.9. The lowest BCUT2D eigenvalue weighted by Gasteiger charge is -2.39. The molecule has 2 aromatic rings. The first-order valence-corrected chi connectivity index (χ1v) is 11.0. The van der Waals surface area contributed by atoms with Crippen molar-refractivity contribution in [3.8, 4) is 0 Å². The zero-order valence-corrected chi connectivity index (χ0v) is 16.7. The number of hydrogen-bond donors (Lipinski definition) is 0. The summed E-state index contributed by atoms with van der Waals surface area (Å²) in [5, 5.41) is 0. The van der Waals surface area contributed by atoms with Gasteiger partial charge in [-0.25, -0.2) is 0 Å². The zero-order chi connectivity index (χ0) is 17.7. The SMILES string of the molecule is Cc1ccc(CN2CC[C@@H]3[C@H](C2)c2cccc4c2N3CCCS4)c(C)c1. The van der Waals surface area contributed by atoms with Crippen LogP contribution in [0.1, 0.15) is 41.0 Å². The van der Waals surface area contributed by atoms with Crippen LogP contribution in [0.25, 0.3) is 0 Å². The quantitative estimate of drug-likeness (QED) is 0.742. The minimum atomic E-state index is 0.683. The summed E-state index contributed by atoms with van der Waals surface area (Å²) in [4.78, 5) is 6.98. The molecule has 136 valence electrons. The van der Waals surface area contributed by atoms with Gasteiger partial charge in [0.15, 0.2) is 0 Å². The van der Waals surface area contributed by atoms with Gasteiger partial charge in [-0.2, -0.15) is 0 Å². The lowest BCUT2D eigenvalue weighted by Crippen LogP contribution is -2.46. The summed E-state index contributed by atoms with van der Waals surface area (Å²) < 4.78 is 0. The van der Waals surface area contributed by atoms with Gasteiger partial charge in [-0.3, -0.25) is 4.90 Å². The maximum atomic E-state index is 2.77. The standard InChI is InChI=1S/C23H28N2S/c1-16-7-8-18(17(2)13-16)14-24-11-9-21-20(15-24)19-5-3-6-22-23(19)25(21)10-4-12-26-22/h3,5-8,13,20-21H,4,9-12,14-15H2,1-2H3/t20-,21-/m1/s1. The van der Waals surface area contributed by atoms with Gasteiger partial charge in [0, 0.05) is 43.0 Å². The lowest BCUT2D eigenvalue weighted by atomic mass is 9.88. The number of nitrogens with zero attached hydrogens (tertiary/aromatic N) is 2. The van der Waals surface area contributed by atoms with E-state index in [0.29, 0.717) is 5.92 Å². The molecule has 2 nitrogen and oxygen atoms in total. The smallest absolute Gasteiger partial charge is 0.0543 e. The Morgan fingerprint density at radius 1 is 1.12 bits per heavy atom. The number of likely N-dealkylation sites (tertiary alicyclic amines) is 1. The average Bonchev–Trinajstić information content (AvgIpc) is 2.80. The van der Waals surface area contributed by atoms with E-state index in [0.717, 1.165) is 12.6 Å². The number of hydrogen-bond acceptors (Lipinski definition) is 3. The highest BCUT2D eigenvalue weighted by molar-refractivity contribution is 7.99. The van der Waals surface area contributed by atoms with E-state index < -0.39 is 0 Å². The van der Waals surface area contributed by atoms with Gasteiger partial charge in [0.25, 0.3) is 0 Å². The molecule has 1 saturated heterocycles. The molecule has 0 aliphatic carbocycles. The summed E-state index contributed by atoms with van der Waals surface area (Å²) in [5.41, 5.74) is 7.50. The van der Waals surface area contributed by atoms with Gasteiger partial charge in [-0.05, 0) is 55.2 Å². The molecular formula is C23H28N2S. The van der Waals surface area contributed by atoms with Crippen LogP contribution >= 0.6 is 11.8 Å². The lowest BCUT2D eigenvalue weighted by molar-refractivity contribution is 0.186. The highest BCUT2D eigenvalue weighted by atomic mass is 32.2. The summed E-state index contributed by atoms with van der Waals surface area (Å²) in [7, 11) is 0. The molecule has 5 rings (SSSR count). The first-order valence-electron chi connectivity index (χ1n) is 10.0. The Bertz CT molecular complexity index is 831. The number of benzene rings is 2. The number of fused-ring (bicyclic) bond motifs is 3. The van der Waals surface area contributed by atoms with Crippen molar-refractivity contribution in [2.75, 3.05) is 30.3 Å². The third-order valence-corrected chi connectivity index (χ3v) is 7.60. The van der Waals surface area contributed by atoms with E-state index >= 15 is 0 Å². The predicted molar refractivity (Wildman–Crippen MR) is 111 cm³/mol.